The van der Waals surface area contributed by atoms with Crippen molar-refractivity contribution in [1.29, 1.82) is 0 Å². The first kappa shape index (κ1) is 31.6. The molecule has 2 aromatic carbocycles. The summed E-state index contributed by atoms with van der Waals surface area (Å²) in [5, 5.41) is 12.0. The van der Waals surface area contributed by atoms with Gasteiger partial charge in [-0.15, -0.1) is 0 Å². The van der Waals surface area contributed by atoms with Gasteiger partial charge in [-0.3, -0.25) is 10.00 Å². The average Bonchev–Trinajstić information content (AvgIpc) is 3.70. The number of rotatable bonds is 3. The minimum Gasteiger partial charge on any atom is -0.388 e. The number of aromatic nitrogens is 4. The maximum atomic E-state index is 17.3. The number of halogens is 2. The number of aromatic amines is 1. The van der Waals surface area contributed by atoms with Crippen molar-refractivity contribution in [3.05, 3.63) is 59.2 Å². The van der Waals surface area contributed by atoms with Crippen LogP contribution in [0.2, 0.25) is 0 Å². The topological polar surface area (TPSA) is 82.2 Å². The molecule has 2 aromatic heterocycles. The normalized spacial score (nSPS) is 25.4. The standard InChI is InChI=1S/C38H47F2N7O/c1-23-17-38(10-6-12-47(38)20-23)11-9-32-43-36-28-16-30(39)34(35(36)40)33-27(24(2)15-31-29(33)19-42-45-31)8-5-4-7-25(3)41-18-26-21-46(37(28)44-32)13-14-48-22-26/h15-16,19,23,26,41H,3-14,17-18,20-22H2,1-2H3,(H,42,45). The van der Waals surface area contributed by atoms with Crippen LogP contribution >= 0.6 is 0 Å². The Morgan fingerprint density at radius 3 is 2.83 bits per heavy atom. The molecule has 0 radical (unpaired) electrons. The summed E-state index contributed by atoms with van der Waals surface area (Å²) in [5.74, 6) is 0.819. The number of nitrogens with one attached hydrogen (secondary N) is 2. The molecule has 3 saturated heterocycles. The molecule has 8 nitrogen and oxygen atoms in total. The van der Waals surface area contributed by atoms with Gasteiger partial charge in [0.25, 0.3) is 0 Å². The van der Waals surface area contributed by atoms with E-state index in [1.165, 1.54) is 25.3 Å². The van der Waals surface area contributed by atoms with Gasteiger partial charge in [-0.2, -0.15) is 5.10 Å². The van der Waals surface area contributed by atoms with E-state index in [2.05, 4.69) is 38.8 Å². The number of nitrogens with zero attached hydrogens (tertiary/aromatic N) is 5. The number of allylic oxidation sites excluding steroid dienone is 1. The molecule has 254 valence electrons. The second-order valence-electron chi connectivity index (χ2n) is 14.9. The van der Waals surface area contributed by atoms with Crippen molar-refractivity contribution in [2.24, 2.45) is 11.8 Å². The van der Waals surface area contributed by atoms with Crippen molar-refractivity contribution in [3.8, 4) is 11.1 Å². The van der Waals surface area contributed by atoms with E-state index in [1.807, 2.05) is 13.0 Å². The van der Waals surface area contributed by atoms with Crippen molar-refractivity contribution in [3.63, 3.8) is 0 Å². The van der Waals surface area contributed by atoms with Gasteiger partial charge in [-0.05, 0) is 94.0 Å². The van der Waals surface area contributed by atoms with Crippen LogP contribution in [0.25, 0.3) is 32.9 Å². The summed E-state index contributed by atoms with van der Waals surface area (Å²) in [6.07, 6.45) is 10.2. The highest BCUT2D eigenvalue weighted by atomic mass is 19.1. The van der Waals surface area contributed by atoms with Crippen LogP contribution in [-0.2, 0) is 17.6 Å². The Morgan fingerprint density at radius 1 is 1.06 bits per heavy atom. The molecule has 0 aliphatic carbocycles. The van der Waals surface area contributed by atoms with Gasteiger partial charge in [-0.25, -0.2) is 18.7 Å². The van der Waals surface area contributed by atoms with Crippen molar-refractivity contribution >= 4 is 27.6 Å². The number of benzene rings is 2. The molecule has 5 aliphatic heterocycles. The van der Waals surface area contributed by atoms with E-state index in [-0.39, 0.29) is 22.5 Å². The lowest BCUT2D eigenvalue weighted by Crippen LogP contribution is -2.38. The Bertz CT molecular complexity index is 1870. The Morgan fingerprint density at radius 2 is 1.94 bits per heavy atom. The van der Waals surface area contributed by atoms with Gasteiger partial charge in [0, 0.05) is 66.1 Å². The van der Waals surface area contributed by atoms with Gasteiger partial charge < -0.3 is 15.0 Å². The lowest BCUT2D eigenvalue weighted by atomic mass is 9.86. The SMILES string of the molecule is C=C1CCCCc2c(C)cc3[nH]ncc3c2-c2c(F)cc3c(nc(CCC45CCCN4CC(C)C5)nc3c2F)N2CCOCC(CN1)C2. The summed E-state index contributed by atoms with van der Waals surface area (Å²) in [6, 6.07) is 3.51. The fourth-order valence-corrected chi connectivity index (χ4v) is 9.23. The molecule has 3 fully saturated rings. The van der Waals surface area contributed by atoms with E-state index in [0.29, 0.717) is 67.7 Å². The zero-order chi connectivity index (χ0) is 33.0. The van der Waals surface area contributed by atoms with Gasteiger partial charge >= 0.3 is 0 Å². The molecule has 48 heavy (non-hydrogen) atoms. The Balaban J connectivity index is 1.31. The molecule has 5 aliphatic rings. The summed E-state index contributed by atoms with van der Waals surface area (Å²) >= 11 is 0. The molecule has 6 bridgehead atoms. The molecule has 3 atom stereocenters. The van der Waals surface area contributed by atoms with Gasteiger partial charge in [0.1, 0.15) is 23.0 Å². The van der Waals surface area contributed by atoms with E-state index < -0.39 is 11.6 Å². The Kier molecular flexibility index (Phi) is 8.35. The summed E-state index contributed by atoms with van der Waals surface area (Å²) in [6.45, 7) is 14.0. The van der Waals surface area contributed by atoms with Gasteiger partial charge in [0.15, 0.2) is 5.82 Å². The highest BCUT2D eigenvalue weighted by Gasteiger charge is 2.46. The largest absolute Gasteiger partial charge is 0.388 e. The minimum atomic E-state index is -0.624. The quantitative estimate of drug-likeness (QED) is 0.250. The van der Waals surface area contributed by atoms with Crippen LogP contribution in [0.3, 0.4) is 0 Å². The zero-order valence-electron chi connectivity index (χ0n) is 28.3. The first-order chi connectivity index (χ1) is 23.3. The number of aryl methyl sites for hydroxylation is 2. The Labute approximate surface area is 281 Å². The molecule has 4 aromatic rings. The van der Waals surface area contributed by atoms with E-state index in [9.17, 15) is 0 Å². The smallest absolute Gasteiger partial charge is 0.160 e. The molecular formula is C38H47F2N7O. The molecule has 9 rings (SSSR count). The molecule has 0 spiro atoms. The highest BCUT2D eigenvalue weighted by molar-refractivity contribution is 6.01. The predicted molar refractivity (Wildman–Crippen MR) is 186 cm³/mol. The molecule has 2 N–H and O–H groups in total. The van der Waals surface area contributed by atoms with E-state index in [1.54, 1.807) is 6.20 Å². The number of ether oxygens (including phenoxy) is 1. The lowest BCUT2D eigenvalue weighted by molar-refractivity contribution is 0.124. The first-order valence-electron chi connectivity index (χ1n) is 17.9. The van der Waals surface area contributed by atoms with Crippen LogP contribution < -0.4 is 10.2 Å². The van der Waals surface area contributed by atoms with Crippen molar-refractivity contribution in [1.82, 2.24) is 30.4 Å². The van der Waals surface area contributed by atoms with Crippen LogP contribution in [0.5, 0.6) is 0 Å². The van der Waals surface area contributed by atoms with Gasteiger partial charge in [-0.1, -0.05) is 13.5 Å². The molecule has 0 saturated carbocycles. The average molecular weight is 656 g/mol. The maximum absolute atomic E-state index is 17.3. The number of anilines is 1. The molecule has 0 amide bonds. The van der Waals surface area contributed by atoms with Crippen LogP contribution in [-0.4, -0.2) is 76.5 Å². The third-order valence-electron chi connectivity index (χ3n) is 11.5. The monoisotopic (exact) mass is 655 g/mol. The summed E-state index contributed by atoms with van der Waals surface area (Å²) in [7, 11) is 0. The van der Waals surface area contributed by atoms with Crippen molar-refractivity contribution in [2.75, 3.05) is 50.8 Å². The third-order valence-corrected chi connectivity index (χ3v) is 11.5. The van der Waals surface area contributed by atoms with Crippen molar-refractivity contribution < 1.29 is 13.5 Å². The highest BCUT2D eigenvalue weighted by Crippen LogP contribution is 2.45. The Hall–Kier alpha value is -3.63. The number of H-pyrrole nitrogens is 1. The molecule has 3 unspecified atom stereocenters. The number of fused-ring (bicyclic) bond motifs is 9. The fraction of sp³-hybridized carbons (Fsp3) is 0.553. The van der Waals surface area contributed by atoms with E-state index in [4.69, 9.17) is 14.7 Å². The number of hydrogen-bond acceptors (Lipinski definition) is 7. The van der Waals surface area contributed by atoms with Gasteiger partial charge in [0.2, 0.25) is 0 Å². The summed E-state index contributed by atoms with van der Waals surface area (Å²) in [5.41, 5.74) is 4.60. The lowest BCUT2D eigenvalue weighted by Gasteiger charge is -2.32. The first-order valence-corrected chi connectivity index (χ1v) is 17.9. The molecule has 10 heteroatoms. The third kappa shape index (κ3) is 5.64. The maximum Gasteiger partial charge on any atom is 0.160 e. The predicted octanol–water partition coefficient (Wildman–Crippen LogP) is 6.85. The summed E-state index contributed by atoms with van der Waals surface area (Å²) < 4.78 is 40.1. The summed E-state index contributed by atoms with van der Waals surface area (Å²) in [4.78, 5) is 14.9. The van der Waals surface area contributed by atoms with E-state index >= 15 is 8.78 Å². The minimum absolute atomic E-state index is 0.0270. The second-order valence-corrected chi connectivity index (χ2v) is 14.9. The van der Waals surface area contributed by atoms with Crippen LogP contribution in [0.1, 0.15) is 68.8 Å². The van der Waals surface area contributed by atoms with E-state index in [0.717, 1.165) is 73.0 Å². The van der Waals surface area contributed by atoms with Gasteiger partial charge in [0.05, 0.1) is 30.5 Å². The fourth-order valence-electron chi connectivity index (χ4n) is 9.23. The molecular weight excluding hydrogens is 608 g/mol. The van der Waals surface area contributed by atoms with Crippen molar-refractivity contribution in [2.45, 2.75) is 77.2 Å². The van der Waals surface area contributed by atoms with Crippen LogP contribution in [0, 0.1) is 30.4 Å². The van der Waals surface area contributed by atoms with Crippen LogP contribution in [0.4, 0.5) is 14.6 Å². The number of hydrogen-bond donors (Lipinski definition) is 2. The van der Waals surface area contributed by atoms with Crippen LogP contribution in [0.15, 0.2) is 30.6 Å². The second kappa shape index (κ2) is 12.7. The zero-order valence-corrected chi connectivity index (χ0v) is 28.3. The molecule has 7 heterocycles.